The van der Waals surface area contributed by atoms with Crippen LogP contribution in [0.4, 0.5) is 0 Å². The smallest absolute Gasteiger partial charge is 0.237 e. The van der Waals surface area contributed by atoms with E-state index >= 15 is 0 Å². The van der Waals surface area contributed by atoms with E-state index in [-0.39, 0.29) is 12.0 Å². The Labute approximate surface area is 125 Å². The molecule has 0 spiro atoms. The minimum Gasteiger partial charge on any atom is -0.374 e. The van der Waals surface area contributed by atoms with Gasteiger partial charge in [0.1, 0.15) is 5.92 Å². The number of ether oxygens (including phenoxy) is 1. The van der Waals surface area contributed by atoms with Crippen LogP contribution in [0.15, 0.2) is 30.3 Å². The Morgan fingerprint density at radius 3 is 2.95 bits per heavy atom. The predicted molar refractivity (Wildman–Crippen MR) is 79.5 cm³/mol. The maximum atomic E-state index is 12.1. The number of nitrogens with zero attached hydrogens (tertiary/aromatic N) is 2. The van der Waals surface area contributed by atoms with Gasteiger partial charge in [0.2, 0.25) is 5.91 Å². The van der Waals surface area contributed by atoms with Crippen LogP contribution in [0.1, 0.15) is 5.56 Å². The Morgan fingerprint density at radius 1 is 1.52 bits per heavy atom. The number of rotatable bonds is 5. The van der Waals surface area contributed by atoms with Gasteiger partial charge in [-0.3, -0.25) is 4.79 Å². The SMILES string of the molecule is CN1CCOC(CNC(=O)C(C#N)Cc2ccccc2)C1. The molecule has 0 radical (unpaired) electrons. The van der Waals surface area contributed by atoms with Crippen molar-refractivity contribution in [2.75, 3.05) is 33.3 Å². The minimum atomic E-state index is -0.659. The summed E-state index contributed by atoms with van der Waals surface area (Å²) in [5.74, 6) is -0.883. The van der Waals surface area contributed by atoms with Gasteiger partial charge in [0.25, 0.3) is 0 Å². The Kier molecular flexibility index (Phi) is 5.73. The van der Waals surface area contributed by atoms with Crippen LogP contribution in [0.25, 0.3) is 0 Å². The van der Waals surface area contributed by atoms with Gasteiger partial charge < -0.3 is 15.0 Å². The van der Waals surface area contributed by atoms with E-state index in [1.807, 2.05) is 37.4 Å². The van der Waals surface area contributed by atoms with E-state index in [0.29, 0.717) is 19.6 Å². The van der Waals surface area contributed by atoms with E-state index in [0.717, 1.165) is 18.7 Å². The van der Waals surface area contributed by atoms with Crippen molar-refractivity contribution in [3.05, 3.63) is 35.9 Å². The first kappa shape index (κ1) is 15.5. The summed E-state index contributed by atoms with van der Waals surface area (Å²) in [7, 11) is 2.03. The minimum absolute atomic E-state index is 0.00349. The fourth-order valence-electron chi connectivity index (χ4n) is 2.37. The monoisotopic (exact) mass is 287 g/mol. The quantitative estimate of drug-likeness (QED) is 0.870. The Bertz CT molecular complexity index is 498. The average Bonchev–Trinajstić information content (AvgIpc) is 2.51. The Hall–Kier alpha value is -1.90. The van der Waals surface area contributed by atoms with Gasteiger partial charge in [-0.15, -0.1) is 0 Å². The largest absolute Gasteiger partial charge is 0.374 e. The average molecular weight is 287 g/mol. The van der Waals surface area contributed by atoms with Crippen LogP contribution in [-0.2, 0) is 16.0 Å². The first-order valence-electron chi connectivity index (χ1n) is 7.20. The number of nitriles is 1. The number of nitrogens with one attached hydrogen (secondary N) is 1. The Balaban J connectivity index is 1.82. The van der Waals surface area contributed by atoms with Gasteiger partial charge in [0.05, 0.1) is 18.8 Å². The second kappa shape index (κ2) is 7.77. The molecule has 0 bridgehead atoms. The molecule has 1 saturated heterocycles. The molecule has 1 aromatic rings. The van der Waals surface area contributed by atoms with Gasteiger partial charge >= 0.3 is 0 Å². The second-order valence-electron chi connectivity index (χ2n) is 5.37. The van der Waals surface area contributed by atoms with Gasteiger partial charge in [-0.05, 0) is 19.0 Å². The van der Waals surface area contributed by atoms with Crippen molar-refractivity contribution in [1.29, 1.82) is 5.26 Å². The van der Waals surface area contributed by atoms with Crippen LogP contribution in [0.3, 0.4) is 0 Å². The van der Waals surface area contributed by atoms with E-state index in [1.54, 1.807) is 0 Å². The van der Waals surface area contributed by atoms with Crippen LogP contribution >= 0.6 is 0 Å². The number of benzene rings is 1. The number of carbonyl (C=O) groups excluding carboxylic acids is 1. The summed E-state index contributed by atoms with van der Waals surface area (Å²) in [6.07, 6.45) is 0.443. The summed E-state index contributed by atoms with van der Waals surface area (Å²) in [6.45, 7) is 2.86. The lowest BCUT2D eigenvalue weighted by Gasteiger charge is -2.30. The molecule has 0 aromatic heterocycles. The molecule has 2 atom stereocenters. The fourth-order valence-corrected chi connectivity index (χ4v) is 2.37. The summed E-state index contributed by atoms with van der Waals surface area (Å²) >= 11 is 0. The lowest BCUT2D eigenvalue weighted by molar-refractivity contribution is -0.124. The first-order valence-corrected chi connectivity index (χ1v) is 7.20. The molecular weight excluding hydrogens is 266 g/mol. The van der Waals surface area contributed by atoms with Crippen molar-refractivity contribution >= 4 is 5.91 Å². The summed E-state index contributed by atoms with van der Waals surface area (Å²) < 4.78 is 5.59. The number of hydrogen-bond acceptors (Lipinski definition) is 4. The molecule has 1 N–H and O–H groups in total. The van der Waals surface area contributed by atoms with E-state index < -0.39 is 5.92 Å². The molecule has 2 unspecified atom stereocenters. The van der Waals surface area contributed by atoms with Crippen LogP contribution in [0.5, 0.6) is 0 Å². The number of morpholine rings is 1. The highest BCUT2D eigenvalue weighted by molar-refractivity contribution is 5.81. The molecule has 2 rings (SSSR count). The highest BCUT2D eigenvalue weighted by atomic mass is 16.5. The van der Waals surface area contributed by atoms with Crippen molar-refractivity contribution in [2.24, 2.45) is 5.92 Å². The van der Waals surface area contributed by atoms with Crippen molar-refractivity contribution < 1.29 is 9.53 Å². The molecule has 5 heteroatoms. The molecule has 5 nitrogen and oxygen atoms in total. The maximum Gasteiger partial charge on any atom is 0.237 e. The third kappa shape index (κ3) is 4.85. The molecule has 1 aliphatic rings. The maximum absolute atomic E-state index is 12.1. The first-order chi connectivity index (χ1) is 10.2. The zero-order valence-corrected chi connectivity index (χ0v) is 12.3. The molecule has 1 aliphatic heterocycles. The summed E-state index contributed by atoms with van der Waals surface area (Å²) in [5, 5.41) is 12.0. The molecule has 112 valence electrons. The summed E-state index contributed by atoms with van der Waals surface area (Å²) in [4.78, 5) is 14.3. The zero-order chi connectivity index (χ0) is 15.1. The van der Waals surface area contributed by atoms with E-state index in [4.69, 9.17) is 4.74 Å². The van der Waals surface area contributed by atoms with E-state index in [1.165, 1.54) is 0 Å². The molecule has 0 saturated carbocycles. The van der Waals surface area contributed by atoms with E-state index in [2.05, 4.69) is 16.3 Å². The molecule has 0 aliphatic carbocycles. The van der Waals surface area contributed by atoms with Crippen LogP contribution in [0, 0.1) is 17.2 Å². The number of carbonyl (C=O) groups is 1. The van der Waals surface area contributed by atoms with Crippen molar-refractivity contribution in [3.8, 4) is 6.07 Å². The number of amides is 1. The lowest BCUT2D eigenvalue weighted by atomic mass is 10.00. The third-order valence-electron chi connectivity index (χ3n) is 3.60. The fraction of sp³-hybridized carbons (Fsp3) is 0.500. The third-order valence-corrected chi connectivity index (χ3v) is 3.60. The molecule has 21 heavy (non-hydrogen) atoms. The molecule has 1 heterocycles. The van der Waals surface area contributed by atoms with Gasteiger partial charge in [-0.25, -0.2) is 0 Å². The molecule has 1 aromatic carbocycles. The van der Waals surface area contributed by atoms with Gasteiger partial charge in [-0.2, -0.15) is 5.26 Å². The molecule has 1 amide bonds. The van der Waals surface area contributed by atoms with Crippen molar-refractivity contribution in [3.63, 3.8) is 0 Å². The van der Waals surface area contributed by atoms with Gasteiger partial charge in [0.15, 0.2) is 0 Å². The van der Waals surface area contributed by atoms with Gasteiger partial charge in [0, 0.05) is 19.6 Å². The second-order valence-corrected chi connectivity index (χ2v) is 5.37. The Morgan fingerprint density at radius 2 is 2.29 bits per heavy atom. The van der Waals surface area contributed by atoms with Gasteiger partial charge in [-0.1, -0.05) is 30.3 Å². The number of likely N-dealkylation sites (N-methyl/N-ethyl adjacent to an activating group) is 1. The van der Waals surface area contributed by atoms with Crippen LogP contribution in [0.2, 0.25) is 0 Å². The predicted octanol–water partition coefficient (Wildman–Crippen LogP) is 0.816. The normalized spacial score (nSPS) is 20.5. The summed E-state index contributed by atoms with van der Waals surface area (Å²) in [6, 6.07) is 11.7. The van der Waals surface area contributed by atoms with Crippen LogP contribution in [-0.4, -0.2) is 50.2 Å². The van der Waals surface area contributed by atoms with E-state index in [9.17, 15) is 10.1 Å². The highest BCUT2D eigenvalue weighted by Crippen LogP contribution is 2.09. The molecular formula is C16H21N3O2. The summed E-state index contributed by atoms with van der Waals surface area (Å²) in [5.41, 5.74) is 0.993. The number of hydrogen-bond donors (Lipinski definition) is 1. The van der Waals surface area contributed by atoms with Crippen molar-refractivity contribution in [2.45, 2.75) is 12.5 Å². The van der Waals surface area contributed by atoms with Crippen LogP contribution < -0.4 is 5.32 Å². The molecule has 1 fully saturated rings. The highest BCUT2D eigenvalue weighted by Gasteiger charge is 2.22. The zero-order valence-electron chi connectivity index (χ0n) is 12.3. The lowest BCUT2D eigenvalue weighted by Crippen LogP contribution is -2.46. The van der Waals surface area contributed by atoms with Crippen molar-refractivity contribution in [1.82, 2.24) is 10.2 Å². The standard InChI is InChI=1S/C16H21N3O2/c1-19-7-8-21-15(12-19)11-18-16(20)14(10-17)9-13-5-3-2-4-6-13/h2-6,14-15H,7-9,11-12H2,1H3,(H,18,20). The topological polar surface area (TPSA) is 65.4 Å².